The van der Waals surface area contributed by atoms with Gasteiger partial charge in [0.25, 0.3) is 0 Å². The first-order valence-electron chi connectivity index (χ1n) is 4.15. The lowest BCUT2D eigenvalue weighted by Crippen LogP contribution is -2.20. The van der Waals surface area contributed by atoms with Crippen LogP contribution in [-0.2, 0) is 12.1 Å². The van der Waals surface area contributed by atoms with Gasteiger partial charge in [-0.1, -0.05) is 6.07 Å². The van der Waals surface area contributed by atoms with Crippen LogP contribution in [0.4, 0.5) is 26.3 Å². The van der Waals surface area contributed by atoms with E-state index in [2.05, 4.69) is 4.74 Å². The Morgan fingerprint density at radius 2 is 1.65 bits per heavy atom. The summed E-state index contributed by atoms with van der Waals surface area (Å²) in [4.78, 5) is 0. The number of hydrogen-bond acceptors (Lipinski definition) is 1. The molecule has 0 aromatic heterocycles. The van der Waals surface area contributed by atoms with E-state index in [1.54, 1.807) is 0 Å². The van der Waals surface area contributed by atoms with Gasteiger partial charge in [0.15, 0.2) is 0 Å². The largest absolute Gasteiger partial charge is 0.573 e. The van der Waals surface area contributed by atoms with E-state index < -0.39 is 23.9 Å². The van der Waals surface area contributed by atoms with Gasteiger partial charge in [-0.3, -0.25) is 0 Å². The van der Waals surface area contributed by atoms with Gasteiger partial charge in [0.1, 0.15) is 5.75 Å². The Morgan fingerprint density at radius 1 is 1.06 bits per heavy atom. The molecule has 8 heteroatoms. The van der Waals surface area contributed by atoms with Crippen LogP contribution in [0.15, 0.2) is 18.2 Å². The lowest BCUT2D eigenvalue weighted by atomic mass is 10.1. The number of ether oxygens (including phenoxy) is 1. The topological polar surface area (TPSA) is 9.23 Å². The summed E-state index contributed by atoms with van der Waals surface area (Å²) in [5.41, 5.74) is -1.40. The first-order valence-corrected chi connectivity index (χ1v) is 4.69. The Morgan fingerprint density at radius 3 is 2.06 bits per heavy atom. The van der Waals surface area contributed by atoms with E-state index in [4.69, 9.17) is 11.6 Å². The summed E-state index contributed by atoms with van der Waals surface area (Å²) in [6.07, 6.45) is -10.1. The molecule has 1 aromatic rings. The molecule has 0 saturated carbocycles. The Labute approximate surface area is 96.9 Å². The standard InChI is InChI=1S/C9H5ClF6O/c10-4-5-1-2-6(8(11,12)13)7(3-5)17-9(14,15)16/h1-3H,4H2. The molecule has 0 aliphatic rings. The SMILES string of the molecule is FC(F)(F)Oc1cc(CCl)ccc1C(F)(F)F. The first-order chi connectivity index (χ1) is 7.63. The molecule has 0 amide bonds. The van der Waals surface area contributed by atoms with Gasteiger partial charge in [-0.15, -0.1) is 24.8 Å². The molecule has 0 atom stereocenters. The van der Waals surface area contributed by atoms with Gasteiger partial charge < -0.3 is 4.74 Å². The summed E-state index contributed by atoms with van der Waals surface area (Å²) in [5.74, 6) is -1.52. The molecule has 0 saturated heterocycles. The number of alkyl halides is 7. The number of halogens is 7. The van der Waals surface area contributed by atoms with Crippen molar-refractivity contribution >= 4 is 11.6 Å². The van der Waals surface area contributed by atoms with Crippen LogP contribution in [0, 0.1) is 0 Å². The molecular formula is C9H5ClF6O. The van der Waals surface area contributed by atoms with Crippen molar-refractivity contribution in [3.05, 3.63) is 29.3 Å². The molecule has 0 N–H and O–H groups in total. The minimum atomic E-state index is -5.19. The van der Waals surface area contributed by atoms with Crippen molar-refractivity contribution in [2.24, 2.45) is 0 Å². The average molecular weight is 279 g/mol. The summed E-state index contributed by atoms with van der Waals surface area (Å²) in [7, 11) is 0. The van der Waals surface area contributed by atoms with E-state index in [0.29, 0.717) is 12.1 Å². The Hall–Kier alpha value is -1.11. The van der Waals surface area contributed by atoms with E-state index in [9.17, 15) is 26.3 Å². The highest BCUT2D eigenvalue weighted by atomic mass is 35.5. The molecule has 0 spiro atoms. The minimum absolute atomic E-state index is 0.0962. The fourth-order valence-electron chi connectivity index (χ4n) is 1.09. The molecule has 0 fully saturated rings. The van der Waals surface area contributed by atoms with Crippen LogP contribution >= 0.6 is 11.6 Å². The Kier molecular flexibility index (Phi) is 3.81. The summed E-state index contributed by atoms with van der Waals surface area (Å²) in [6, 6.07) is 2.10. The second-order valence-electron chi connectivity index (χ2n) is 3.01. The van der Waals surface area contributed by atoms with E-state index in [1.807, 2.05) is 0 Å². The second kappa shape index (κ2) is 4.64. The van der Waals surface area contributed by atoms with Gasteiger partial charge in [-0.05, 0) is 17.7 Å². The smallest absolute Gasteiger partial charge is 0.405 e. The molecule has 17 heavy (non-hydrogen) atoms. The molecule has 96 valence electrons. The fourth-order valence-corrected chi connectivity index (χ4v) is 1.26. The van der Waals surface area contributed by atoms with Gasteiger partial charge >= 0.3 is 12.5 Å². The van der Waals surface area contributed by atoms with Crippen LogP contribution in [0.25, 0.3) is 0 Å². The summed E-state index contributed by atoms with van der Waals surface area (Å²) < 4.78 is 76.2. The summed E-state index contributed by atoms with van der Waals surface area (Å²) in [6.45, 7) is 0. The quantitative estimate of drug-likeness (QED) is 0.577. The van der Waals surface area contributed by atoms with Crippen molar-refractivity contribution in [3.8, 4) is 5.75 Å². The van der Waals surface area contributed by atoms with Crippen LogP contribution in [0.5, 0.6) is 5.75 Å². The van der Waals surface area contributed by atoms with Crippen LogP contribution in [0.1, 0.15) is 11.1 Å². The third kappa shape index (κ3) is 3.99. The number of hydrogen-bond donors (Lipinski definition) is 0. The summed E-state index contributed by atoms with van der Waals surface area (Å²) in [5, 5.41) is 0. The van der Waals surface area contributed by atoms with Crippen molar-refractivity contribution in [3.63, 3.8) is 0 Å². The zero-order valence-electron chi connectivity index (χ0n) is 7.99. The van der Waals surface area contributed by atoms with Gasteiger partial charge in [-0.2, -0.15) is 13.2 Å². The van der Waals surface area contributed by atoms with E-state index >= 15 is 0 Å². The molecule has 0 unspecified atom stereocenters. The monoisotopic (exact) mass is 278 g/mol. The van der Waals surface area contributed by atoms with E-state index in [0.717, 1.165) is 6.07 Å². The maximum absolute atomic E-state index is 12.4. The highest BCUT2D eigenvalue weighted by Crippen LogP contribution is 2.39. The molecular weight excluding hydrogens is 274 g/mol. The van der Waals surface area contributed by atoms with Crippen molar-refractivity contribution < 1.29 is 31.1 Å². The van der Waals surface area contributed by atoms with Crippen LogP contribution in [0.2, 0.25) is 0 Å². The minimum Gasteiger partial charge on any atom is -0.405 e. The molecule has 0 radical (unpaired) electrons. The normalized spacial score (nSPS) is 12.6. The van der Waals surface area contributed by atoms with Crippen molar-refractivity contribution in [1.82, 2.24) is 0 Å². The third-order valence-corrected chi connectivity index (χ3v) is 2.04. The molecule has 0 aliphatic carbocycles. The molecule has 1 aromatic carbocycles. The van der Waals surface area contributed by atoms with Crippen LogP contribution in [-0.4, -0.2) is 6.36 Å². The second-order valence-corrected chi connectivity index (χ2v) is 3.28. The van der Waals surface area contributed by atoms with Gasteiger partial charge in [0.2, 0.25) is 0 Å². The van der Waals surface area contributed by atoms with Crippen LogP contribution < -0.4 is 4.74 Å². The van der Waals surface area contributed by atoms with Crippen molar-refractivity contribution in [2.75, 3.05) is 0 Å². The molecule has 0 bridgehead atoms. The van der Waals surface area contributed by atoms with Gasteiger partial charge in [-0.25, -0.2) is 0 Å². The van der Waals surface area contributed by atoms with Crippen molar-refractivity contribution in [1.29, 1.82) is 0 Å². The lowest BCUT2D eigenvalue weighted by molar-refractivity contribution is -0.276. The first kappa shape index (κ1) is 14.0. The Bertz CT molecular complexity index is 397. The average Bonchev–Trinajstić information content (AvgIpc) is 2.13. The maximum Gasteiger partial charge on any atom is 0.573 e. The van der Waals surface area contributed by atoms with E-state index in [-0.39, 0.29) is 11.4 Å². The zero-order valence-corrected chi connectivity index (χ0v) is 8.75. The van der Waals surface area contributed by atoms with E-state index in [1.165, 1.54) is 0 Å². The molecule has 1 rings (SSSR count). The Balaban J connectivity index is 3.22. The predicted octanol–water partition coefficient (Wildman–Crippen LogP) is 4.34. The predicted molar refractivity (Wildman–Crippen MR) is 47.7 cm³/mol. The fraction of sp³-hybridized carbons (Fsp3) is 0.333. The highest BCUT2D eigenvalue weighted by Gasteiger charge is 2.39. The van der Waals surface area contributed by atoms with Crippen molar-refractivity contribution in [2.45, 2.75) is 18.4 Å². The van der Waals surface area contributed by atoms with Crippen LogP contribution in [0.3, 0.4) is 0 Å². The number of rotatable bonds is 2. The van der Waals surface area contributed by atoms with Gasteiger partial charge in [0, 0.05) is 5.88 Å². The molecule has 0 heterocycles. The summed E-state index contributed by atoms with van der Waals surface area (Å²) >= 11 is 5.32. The molecule has 0 aliphatic heterocycles. The lowest BCUT2D eigenvalue weighted by Gasteiger charge is -2.15. The zero-order chi connectivity index (χ0) is 13.3. The van der Waals surface area contributed by atoms with Gasteiger partial charge in [0.05, 0.1) is 5.56 Å². The third-order valence-electron chi connectivity index (χ3n) is 1.73. The maximum atomic E-state index is 12.4. The number of benzene rings is 1. The molecule has 1 nitrogen and oxygen atoms in total. The highest BCUT2D eigenvalue weighted by molar-refractivity contribution is 6.17.